The molecule has 0 atom stereocenters. The number of hydrogen-bond donors (Lipinski definition) is 1. The predicted molar refractivity (Wildman–Crippen MR) is 135 cm³/mol. The van der Waals surface area contributed by atoms with Gasteiger partial charge in [-0.05, 0) is 63.1 Å². The molecule has 0 aliphatic rings. The summed E-state index contributed by atoms with van der Waals surface area (Å²) in [6, 6.07) is 11.5. The molecule has 3 aromatic rings. The van der Waals surface area contributed by atoms with Crippen LogP contribution in [-0.4, -0.2) is 35.1 Å². The molecular formula is C26H29N3O4S. The van der Waals surface area contributed by atoms with E-state index in [9.17, 15) is 9.59 Å². The summed E-state index contributed by atoms with van der Waals surface area (Å²) in [5.74, 6) is 0.772. The summed E-state index contributed by atoms with van der Waals surface area (Å²) in [4.78, 5) is 34.6. The average Bonchev–Trinajstić information content (AvgIpc) is 3.28. The lowest BCUT2D eigenvalue weighted by Crippen LogP contribution is -2.07. The van der Waals surface area contributed by atoms with E-state index < -0.39 is 0 Å². The van der Waals surface area contributed by atoms with Crippen LogP contribution in [-0.2, 0) is 31.9 Å². The fourth-order valence-corrected chi connectivity index (χ4v) is 4.20. The molecule has 0 unspecified atom stereocenters. The largest absolute Gasteiger partial charge is 0.466 e. The van der Waals surface area contributed by atoms with Crippen molar-refractivity contribution in [3.63, 3.8) is 0 Å². The Balaban J connectivity index is 1.81. The first-order chi connectivity index (χ1) is 16.4. The van der Waals surface area contributed by atoms with E-state index in [1.807, 2.05) is 43.3 Å². The third kappa shape index (κ3) is 6.74. The molecule has 0 saturated carbocycles. The van der Waals surface area contributed by atoms with Gasteiger partial charge in [-0.25, -0.2) is 14.8 Å². The molecule has 0 bridgehead atoms. The van der Waals surface area contributed by atoms with Gasteiger partial charge in [0.2, 0.25) is 0 Å². The molecule has 34 heavy (non-hydrogen) atoms. The van der Waals surface area contributed by atoms with Gasteiger partial charge in [-0.15, -0.1) is 11.3 Å². The minimum absolute atomic E-state index is 0.236. The van der Waals surface area contributed by atoms with Gasteiger partial charge in [0, 0.05) is 27.9 Å². The van der Waals surface area contributed by atoms with Crippen LogP contribution in [0.25, 0.3) is 16.8 Å². The molecule has 0 amide bonds. The lowest BCUT2D eigenvalue weighted by Gasteiger charge is -2.14. The molecule has 1 aromatic carbocycles. The highest BCUT2D eigenvalue weighted by Gasteiger charge is 2.14. The van der Waals surface area contributed by atoms with E-state index >= 15 is 0 Å². The first kappa shape index (κ1) is 25.1. The minimum atomic E-state index is -0.364. The van der Waals surface area contributed by atoms with Crippen LogP contribution in [0.2, 0.25) is 0 Å². The molecule has 1 N–H and O–H groups in total. The summed E-state index contributed by atoms with van der Waals surface area (Å²) in [6.45, 7) is 8.35. The maximum atomic E-state index is 11.7. The highest BCUT2D eigenvalue weighted by atomic mass is 32.1. The van der Waals surface area contributed by atoms with Crippen molar-refractivity contribution in [2.24, 2.45) is 0 Å². The number of thiophene rings is 1. The first-order valence-corrected chi connectivity index (χ1v) is 12.1. The van der Waals surface area contributed by atoms with Gasteiger partial charge in [0.05, 0.1) is 24.5 Å². The lowest BCUT2D eigenvalue weighted by molar-refractivity contribution is -0.142. The molecule has 7 nitrogen and oxygen atoms in total. The number of benzene rings is 1. The zero-order valence-electron chi connectivity index (χ0n) is 19.9. The normalized spacial score (nSPS) is 10.9. The van der Waals surface area contributed by atoms with Gasteiger partial charge in [-0.3, -0.25) is 4.79 Å². The van der Waals surface area contributed by atoms with Crippen LogP contribution in [0.5, 0.6) is 0 Å². The quantitative estimate of drug-likeness (QED) is 0.303. The Morgan fingerprint density at radius 3 is 2.41 bits per heavy atom. The third-order valence-electron chi connectivity index (χ3n) is 4.96. The number of nitrogens with zero attached hydrogens (tertiary/aromatic N) is 2. The van der Waals surface area contributed by atoms with Gasteiger partial charge in [-0.2, -0.15) is 0 Å². The smallest absolute Gasteiger partial charge is 0.330 e. The number of esters is 2. The molecule has 0 aliphatic carbocycles. The van der Waals surface area contributed by atoms with Crippen LogP contribution in [0.1, 0.15) is 42.5 Å². The first-order valence-electron chi connectivity index (χ1n) is 11.3. The number of aromatic nitrogens is 2. The standard InChI is InChI=1S/C26H29N3O4S/c1-5-21-17(4)27-26(22-14-12-20(34-22)13-15-23(30)32-6-2)29-25(21)28-19-10-8-18(9-11-19)16-24(31)33-7-3/h8-15H,5-7,16H2,1-4H3,(H,27,28,29). The van der Waals surface area contributed by atoms with Crippen LogP contribution in [0.15, 0.2) is 42.5 Å². The zero-order valence-corrected chi connectivity index (χ0v) is 20.7. The van der Waals surface area contributed by atoms with Crippen molar-refractivity contribution in [3.05, 3.63) is 64.2 Å². The molecule has 0 aliphatic heterocycles. The number of carbonyl (C=O) groups excluding carboxylic acids is 2. The molecule has 0 saturated heterocycles. The molecule has 0 fully saturated rings. The molecule has 3 rings (SSSR count). The maximum absolute atomic E-state index is 11.7. The Bertz CT molecular complexity index is 1170. The number of carbonyl (C=O) groups is 2. The van der Waals surface area contributed by atoms with Crippen LogP contribution in [0, 0.1) is 6.92 Å². The van der Waals surface area contributed by atoms with E-state index in [1.54, 1.807) is 19.9 Å². The van der Waals surface area contributed by atoms with Gasteiger partial charge in [-0.1, -0.05) is 19.1 Å². The topological polar surface area (TPSA) is 90.4 Å². The van der Waals surface area contributed by atoms with Crippen molar-refractivity contribution < 1.29 is 19.1 Å². The Morgan fingerprint density at radius 1 is 1.00 bits per heavy atom. The molecular weight excluding hydrogens is 450 g/mol. The second-order valence-electron chi connectivity index (χ2n) is 7.40. The Morgan fingerprint density at radius 2 is 1.74 bits per heavy atom. The number of hydrogen-bond acceptors (Lipinski definition) is 8. The number of anilines is 2. The number of ether oxygens (including phenoxy) is 2. The van der Waals surface area contributed by atoms with E-state index in [0.29, 0.717) is 19.0 Å². The Hall–Kier alpha value is -3.52. The van der Waals surface area contributed by atoms with Crippen molar-refractivity contribution in [1.82, 2.24) is 9.97 Å². The number of aryl methyl sites for hydroxylation is 1. The van der Waals surface area contributed by atoms with E-state index in [2.05, 4.69) is 12.2 Å². The van der Waals surface area contributed by atoms with Crippen LogP contribution in [0.3, 0.4) is 0 Å². The van der Waals surface area contributed by atoms with Crippen molar-refractivity contribution in [1.29, 1.82) is 0 Å². The van der Waals surface area contributed by atoms with E-state index in [4.69, 9.17) is 19.4 Å². The highest BCUT2D eigenvalue weighted by Crippen LogP contribution is 2.30. The molecule has 8 heteroatoms. The summed E-state index contributed by atoms with van der Waals surface area (Å²) in [5, 5.41) is 3.40. The fourth-order valence-electron chi connectivity index (χ4n) is 3.36. The number of nitrogens with one attached hydrogen (secondary N) is 1. The minimum Gasteiger partial charge on any atom is -0.466 e. The molecule has 0 radical (unpaired) electrons. The monoisotopic (exact) mass is 479 g/mol. The van der Waals surface area contributed by atoms with Crippen molar-refractivity contribution in [2.45, 2.75) is 40.5 Å². The Labute approximate surface area is 203 Å². The average molecular weight is 480 g/mol. The van der Waals surface area contributed by atoms with Crippen molar-refractivity contribution in [3.8, 4) is 10.7 Å². The van der Waals surface area contributed by atoms with Gasteiger partial charge >= 0.3 is 11.9 Å². The Kier molecular flexibility index (Phi) is 8.93. The fraction of sp³-hybridized carbons (Fsp3) is 0.308. The SMILES string of the molecule is CCOC(=O)C=Cc1ccc(-c2nc(C)c(CC)c(Nc3ccc(CC(=O)OCC)cc3)n2)s1. The summed E-state index contributed by atoms with van der Waals surface area (Å²) in [5.41, 5.74) is 3.71. The van der Waals surface area contributed by atoms with Crippen LogP contribution in [0.4, 0.5) is 11.5 Å². The molecule has 2 aromatic heterocycles. The predicted octanol–water partition coefficient (Wildman–Crippen LogP) is 5.50. The molecule has 0 spiro atoms. The summed E-state index contributed by atoms with van der Waals surface area (Å²) < 4.78 is 9.94. The van der Waals surface area contributed by atoms with Crippen LogP contribution < -0.4 is 5.32 Å². The summed E-state index contributed by atoms with van der Waals surface area (Å²) in [6.07, 6.45) is 4.18. The van der Waals surface area contributed by atoms with Gasteiger partial charge in [0.15, 0.2) is 5.82 Å². The second kappa shape index (κ2) is 12.1. The summed E-state index contributed by atoms with van der Waals surface area (Å²) >= 11 is 1.50. The third-order valence-corrected chi connectivity index (χ3v) is 6.00. The molecule has 2 heterocycles. The van der Waals surface area contributed by atoms with Crippen molar-refractivity contribution >= 4 is 40.9 Å². The number of rotatable bonds is 10. The van der Waals surface area contributed by atoms with E-state index in [0.717, 1.165) is 44.5 Å². The van der Waals surface area contributed by atoms with Gasteiger partial charge < -0.3 is 14.8 Å². The van der Waals surface area contributed by atoms with Gasteiger partial charge in [0.25, 0.3) is 0 Å². The van der Waals surface area contributed by atoms with Crippen molar-refractivity contribution in [2.75, 3.05) is 18.5 Å². The maximum Gasteiger partial charge on any atom is 0.330 e. The zero-order chi connectivity index (χ0) is 24.5. The van der Waals surface area contributed by atoms with E-state index in [-0.39, 0.29) is 18.4 Å². The van der Waals surface area contributed by atoms with Crippen LogP contribution >= 0.6 is 11.3 Å². The second-order valence-corrected chi connectivity index (χ2v) is 8.52. The highest BCUT2D eigenvalue weighted by molar-refractivity contribution is 7.16. The summed E-state index contributed by atoms with van der Waals surface area (Å²) in [7, 11) is 0. The lowest BCUT2D eigenvalue weighted by atomic mass is 10.1. The van der Waals surface area contributed by atoms with E-state index in [1.165, 1.54) is 17.4 Å². The molecule has 178 valence electrons. The van der Waals surface area contributed by atoms with Gasteiger partial charge in [0.1, 0.15) is 5.82 Å².